The molecule has 8 heteroatoms. The van der Waals surface area contributed by atoms with Gasteiger partial charge in [-0.1, -0.05) is 0 Å². The summed E-state index contributed by atoms with van der Waals surface area (Å²) in [6, 6.07) is 3.57. The summed E-state index contributed by atoms with van der Waals surface area (Å²) in [6.45, 7) is 0.640. The maximum absolute atomic E-state index is 12.1. The van der Waals surface area contributed by atoms with E-state index in [9.17, 15) is 9.59 Å². The van der Waals surface area contributed by atoms with E-state index in [1.165, 1.54) is 16.2 Å². The number of nitrogens with one attached hydrogen (secondary N) is 1. The maximum atomic E-state index is 12.1. The number of hydrogen-bond donors (Lipinski definition) is 1. The lowest BCUT2D eigenvalue weighted by molar-refractivity contribution is -0.121. The average molecular weight is 399 g/mol. The van der Waals surface area contributed by atoms with Crippen molar-refractivity contribution in [2.75, 3.05) is 20.1 Å². The molecule has 0 atom stereocenters. The van der Waals surface area contributed by atoms with Crippen LogP contribution in [0, 0.1) is 0 Å². The molecule has 0 saturated carbocycles. The second-order valence-electron chi connectivity index (χ2n) is 5.24. The molecule has 2 rings (SSSR count). The summed E-state index contributed by atoms with van der Waals surface area (Å²) in [5.74, 6) is -0.297. The summed E-state index contributed by atoms with van der Waals surface area (Å²) >= 11 is 4.68. The van der Waals surface area contributed by atoms with E-state index in [0.29, 0.717) is 11.4 Å². The number of amides is 2. The van der Waals surface area contributed by atoms with Crippen molar-refractivity contribution >= 4 is 39.1 Å². The summed E-state index contributed by atoms with van der Waals surface area (Å²) in [4.78, 5) is 26.1. The van der Waals surface area contributed by atoms with Crippen molar-refractivity contribution in [1.82, 2.24) is 20.0 Å². The van der Waals surface area contributed by atoms with Crippen LogP contribution >= 0.6 is 27.3 Å². The highest BCUT2D eigenvalue weighted by atomic mass is 79.9. The largest absolute Gasteiger partial charge is 0.355 e. The minimum absolute atomic E-state index is 0.0568. The van der Waals surface area contributed by atoms with Gasteiger partial charge in [0.1, 0.15) is 0 Å². The van der Waals surface area contributed by atoms with Crippen LogP contribution in [0.3, 0.4) is 0 Å². The molecular formula is C15H19BrN4O2S. The van der Waals surface area contributed by atoms with Gasteiger partial charge < -0.3 is 10.2 Å². The summed E-state index contributed by atoms with van der Waals surface area (Å²) in [5.41, 5.74) is 1.15. The summed E-state index contributed by atoms with van der Waals surface area (Å²) in [6.07, 6.45) is 5.50. The van der Waals surface area contributed by atoms with Crippen molar-refractivity contribution in [2.24, 2.45) is 7.05 Å². The third-order valence-electron chi connectivity index (χ3n) is 3.23. The van der Waals surface area contributed by atoms with Crippen LogP contribution in [0.5, 0.6) is 0 Å². The van der Waals surface area contributed by atoms with Crippen LogP contribution in [0.2, 0.25) is 0 Å². The molecule has 0 fully saturated rings. The van der Waals surface area contributed by atoms with Gasteiger partial charge in [-0.3, -0.25) is 14.3 Å². The number of thiophene rings is 1. The van der Waals surface area contributed by atoms with Crippen molar-refractivity contribution in [3.63, 3.8) is 0 Å². The molecule has 2 aromatic heterocycles. The number of likely N-dealkylation sites (N-methyl/N-ethyl adjacent to an activating group) is 1. The Bertz CT molecular complexity index is 683. The van der Waals surface area contributed by atoms with Crippen LogP contribution in [0.1, 0.15) is 21.7 Å². The van der Waals surface area contributed by atoms with Gasteiger partial charge in [0.05, 0.1) is 21.4 Å². The quantitative estimate of drug-likeness (QED) is 0.725. The van der Waals surface area contributed by atoms with E-state index in [1.54, 1.807) is 17.8 Å². The number of halogens is 1. The minimum atomic E-state index is -0.150. The fourth-order valence-electron chi connectivity index (χ4n) is 2.08. The standard InChI is InChI=1S/C15H19BrN4O2S/c1-19(15(22)12-5-6-13(16)23-12)10-14(21)17-7-3-4-11-8-18-20(2)9-11/h5-6,8-9H,3-4,7,10H2,1-2H3,(H,17,21). The second-order valence-corrected chi connectivity index (χ2v) is 7.70. The van der Waals surface area contributed by atoms with Gasteiger partial charge in [0.15, 0.2) is 0 Å². The zero-order chi connectivity index (χ0) is 16.8. The molecule has 124 valence electrons. The van der Waals surface area contributed by atoms with E-state index in [1.807, 2.05) is 25.5 Å². The highest BCUT2D eigenvalue weighted by Crippen LogP contribution is 2.22. The molecule has 2 amide bonds. The van der Waals surface area contributed by atoms with E-state index in [4.69, 9.17) is 0 Å². The Labute approximate surface area is 147 Å². The Morgan fingerprint density at radius 3 is 2.83 bits per heavy atom. The number of carbonyl (C=O) groups is 2. The number of aryl methyl sites for hydroxylation is 2. The normalized spacial score (nSPS) is 10.6. The van der Waals surface area contributed by atoms with Gasteiger partial charge in [0.2, 0.25) is 5.91 Å². The monoisotopic (exact) mass is 398 g/mol. The Kier molecular flexibility index (Phi) is 6.35. The first-order valence-corrected chi connectivity index (χ1v) is 8.81. The molecule has 0 aliphatic carbocycles. The molecule has 0 aromatic carbocycles. The maximum Gasteiger partial charge on any atom is 0.264 e. The van der Waals surface area contributed by atoms with Crippen LogP contribution in [-0.2, 0) is 18.3 Å². The van der Waals surface area contributed by atoms with E-state index in [-0.39, 0.29) is 18.4 Å². The van der Waals surface area contributed by atoms with E-state index >= 15 is 0 Å². The van der Waals surface area contributed by atoms with E-state index in [2.05, 4.69) is 26.3 Å². The van der Waals surface area contributed by atoms with E-state index < -0.39 is 0 Å². The fraction of sp³-hybridized carbons (Fsp3) is 0.400. The highest BCUT2D eigenvalue weighted by Gasteiger charge is 2.16. The summed E-state index contributed by atoms with van der Waals surface area (Å²) in [5, 5.41) is 6.94. The van der Waals surface area contributed by atoms with Crippen molar-refractivity contribution in [1.29, 1.82) is 0 Å². The smallest absolute Gasteiger partial charge is 0.264 e. The van der Waals surface area contributed by atoms with Gasteiger partial charge >= 0.3 is 0 Å². The summed E-state index contributed by atoms with van der Waals surface area (Å²) < 4.78 is 2.66. The fourth-order valence-corrected chi connectivity index (χ4v) is 3.46. The molecule has 2 heterocycles. The molecular weight excluding hydrogens is 380 g/mol. The number of hydrogen-bond acceptors (Lipinski definition) is 4. The van der Waals surface area contributed by atoms with Crippen molar-refractivity contribution in [3.05, 3.63) is 38.8 Å². The Hall–Kier alpha value is -1.67. The number of aromatic nitrogens is 2. The molecule has 0 aliphatic heterocycles. The molecule has 0 saturated heterocycles. The molecule has 0 spiro atoms. The molecule has 1 N–H and O–H groups in total. The predicted molar refractivity (Wildman–Crippen MR) is 93.5 cm³/mol. The van der Waals surface area contributed by atoms with Crippen molar-refractivity contribution in [3.8, 4) is 0 Å². The van der Waals surface area contributed by atoms with Crippen LogP contribution < -0.4 is 5.32 Å². The van der Waals surface area contributed by atoms with Gasteiger partial charge in [0, 0.05) is 26.8 Å². The Balaban J connectivity index is 1.68. The van der Waals surface area contributed by atoms with Crippen molar-refractivity contribution < 1.29 is 9.59 Å². The summed E-state index contributed by atoms with van der Waals surface area (Å²) in [7, 11) is 3.51. The number of nitrogens with zero attached hydrogens (tertiary/aromatic N) is 3. The van der Waals surface area contributed by atoms with Crippen LogP contribution in [-0.4, -0.2) is 46.6 Å². The Morgan fingerprint density at radius 2 is 2.22 bits per heavy atom. The van der Waals surface area contributed by atoms with Crippen molar-refractivity contribution in [2.45, 2.75) is 12.8 Å². The first kappa shape index (κ1) is 17.7. The topological polar surface area (TPSA) is 67.2 Å². The third-order valence-corrected chi connectivity index (χ3v) is 4.85. The first-order chi connectivity index (χ1) is 11.0. The molecule has 0 radical (unpaired) electrons. The highest BCUT2D eigenvalue weighted by molar-refractivity contribution is 9.11. The molecule has 0 bridgehead atoms. The molecule has 0 aliphatic rings. The van der Waals surface area contributed by atoms with Gasteiger partial charge in [0.25, 0.3) is 5.91 Å². The SMILES string of the molecule is CN(CC(=O)NCCCc1cnn(C)c1)C(=O)c1ccc(Br)s1. The number of carbonyl (C=O) groups excluding carboxylic acids is 2. The minimum Gasteiger partial charge on any atom is -0.355 e. The Morgan fingerprint density at radius 1 is 1.43 bits per heavy atom. The molecule has 0 unspecified atom stereocenters. The van der Waals surface area contributed by atoms with Crippen LogP contribution in [0.15, 0.2) is 28.3 Å². The lowest BCUT2D eigenvalue weighted by Crippen LogP contribution is -2.38. The zero-order valence-electron chi connectivity index (χ0n) is 13.1. The first-order valence-electron chi connectivity index (χ1n) is 7.20. The van der Waals surface area contributed by atoms with Gasteiger partial charge in [-0.05, 0) is 46.5 Å². The lowest BCUT2D eigenvalue weighted by atomic mass is 10.2. The molecule has 6 nitrogen and oxygen atoms in total. The van der Waals surface area contributed by atoms with Crippen LogP contribution in [0.25, 0.3) is 0 Å². The third kappa shape index (κ3) is 5.47. The zero-order valence-corrected chi connectivity index (χ0v) is 15.5. The predicted octanol–water partition coefficient (Wildman–Crippen LogP) is 2.07. The molecule has 2 aromatic rings. The van der Waals surface area contributed by atoms with Gasteiger partial charge in [-0.2, -0.15) is 5.10 Å². The number of rotatable bonds is 7. The van der Waals surface area contributed by atoms with Gasteiger partial charge in [-0.15, -0.1) is 11.3 Å². The second kappa shape index (κ2) is 8.26. The van der Waals surface area contributed by atoms with Crippen LogP contribution in [0.4, 0.5) is 0 Å². The van der Waals surface area contributed by atoms with Gasteiger partial charge in [-0.25, -0.2) is 0 Å². The average Bonchev–Trinajstić information content (AvgIpc) is 3.11. The molecule has 23 heavy (non-hydrogen) atoms. The lowest BCUT2D eigenvalue weighted by Gasteiger charge is -2.15. The van der Waals surface area contributed by atoms with E-state index in [0.717, 1.165) is 22.2 Å².